The number of carbonyl (C=O) groups excluding carboxylic acids is 2. The van der Waals surface area contributed by atoms with Gasteiger partial charge in [-0.1, -0.05) is 18.2 Å². The molecule has 5 rings (SSSR count). The topological polar surface area (TPSA) is 104 Å². The van der Waals surface area contributed by atoms with Crippen molar-refractivity contribution in [3.63, 3.8) is 0 Å². The Labute approximate surface area is 206 Å². The van der Waals surface area contributed by atoms with E-state index in [-0.39, 0.29) is 18.1 Å². The number of pyridine rings is 1. The van der Waals surface area contributed by atoms with E-state index in [1.165, 1.54) is 0 Å². The Morgan fingerprint density at radius 2 is 1.80 bits per heavy atom. The molecular weight excluding hydrogens is 466 g/mol. The lowest BCUT2D eigenvalue weighted by Crippen LogP contribution is -2.54. The van der Waals surface area contributed by atoms with E-state index >= 15 is 0 Å². The van der Waals surface area contributed by atoms with Crippen LogP contribution in [0.25, 0.3) is 10.9 Å². The molecule has 3 aromatic rings. The van der Waals surface area contributed by atoms with E-state index in [4.69, 9.17) is 4.74 Å². The second kappa shape index (κ2) is 10.0. The van der Waals surface area contributed by atoms with Gasteiger partial charge in [-0.3, -0.25) is 9.78 Å². The molecule has 0 spiro atoms. The van der Waals surface area contributed by atoms with Gasteiger partial charge >= 0.3 is 6.09 Å². The number of fused-ring (bicyclic) bond motifs is 1. The second-order valence-electron chi connectivity index (χ2n) is 8.68. The average Bonchev–Trinajstić information content (AvgIpc) is 2.86. The molecule has 1 atom stereocenters. The number of ether oxygens (including phenoxy) is 1. The summed E-state index contributed by atoms with van der Waals surface area (Å²) in [5.74, 6) is -0.0877. The first-order valence-corrected chi connectivity index (χ1v) is 12.7. The molecule has 0 saturated carbocycles. The van der Waals surface area contributed by atoms with Gasteiger partial charge in [-0.15, -0.1) is 0 Å². The lowest BCUT2D eigenvalue weighted by molar-refractivity contribution is 0.0258. The Kier molecular flexibility index (Phi) is 6.65. The van der Waals surface area contributed by atoms with Crippen molar-refractivity contribution in [1.29, 1.82) is 0 Å². The minimum Gasteiger partial charge on any atom is -0.443 e. The zero-order chi connectivity index (χ0) is 24.4. The lowest BCUT2D eigenvalue weighted by atomic mass is 10.1. The van der Waals surface area contributed by atoms with Crippen LogP contribution in [0.4, 0.5) is 10.5 Å². The van der Waals surface area contributed by atoms with Gasteiger partial charge in [0.1, 0.15) is 6.10 Å². The molecule has 2 saturated heterocycles. The molecule has 2 amide bonds. The Morgan fingerprint density at radius 1 is 1.06 bits per heavy atom. The molecule has 1 aromatic heterocycles. The summed E-state index contributed by atoms with van der Waals surface area (Å²) in [6, 6.07) is 14.7. The van der Waals surface area contributed by atoms with E-state index in [2.05, 4.69) is 15.0 Å². The number of nitrogens with zero attached hydrogens (tertiary/aromatic N) is 3. The summed E-state index contributed by atoms with van der Waals surface area (Å²) in [6.45, 7) is 5.06. The van der Waals surface area contributed by atoms with Crippen molar-refractivity contribution in [3.05, 3.63) is 65.9 Å². The predicted molar refractivity (Wildman–Crippen MR) is 134 cm³/mol. The van der Waals surface area contributed by atoms with Crippen molar-refractivity contribution >= 4 is 39.6 Å². The SMILES string of the molecule is Cc1cc(C(=O)N2CCN(C(=O)OC3CNC3)CC2)ccc1NS(=O)c1cccc2cccnc12. The number of rotatable bonds is 5. The Hall–Kier alpha value is -3.50. The van der Waals surface area contributed by atoms with Crippen LogP contribution in [0.3, 0.4) is 0 Å². The van der Waals surface area contributed by atoms with E-state index < -0.39 is 11.0 Å². The monoisotopic (exact) mass is 493 g/mol. The summed E-state index contributed by atoms with van der Waals surface area (Å²) in [7, 11) is -1.51. The van der Waals surface area contributed by atoms with Crippen LogP contribution >= 0.6 is 0 Å². The number of anilines is 1. The van der Waals surface area contributed by atoms with E-state index in [0.29, 0.717) is 60.9 Å². The molecule has 0 radical (unpaired) electrons. The van der Waals surface area contributed by atoms with Gasteiger partial charge in [0.2, 0.25) is 0 Å². The molecule has 3 heterocycles. The van der Waals surface area contributed by atoms with E-state index in [0.717, 1.165) is 10.9 Å². The van der Waals surface area contributed by atoms with Crippen LogP contribution < -0.4 is 10.0 Å². The van der Waals surface area contributed by atoms with Crippen molar-refractivity contribution in [3.8, 4) is 0 Å². The third-order valence-electron chi connectivity index (χ3n) is 6.31. The number of hydrogen-bond donors (Lipinski definition) is 2. The van der Waals surface area contributed by atoms with Gasteiger partial charge in [0.05, 0.1) is 10.4 Å². The summed E-state index contributed by atoms with van der Waals surface area (Å²) >= 11 is 0. The molecule has 2 fully saturated rings. The van der Waals surface area contributed by atoms with Crippen LogP contribution in [0, 0.1) is 6.92 Å². The molecule has 0 bridgehead atoms. The lowest BCUT2D eigenvalue weighted by Gasteiger charge is -2.36. The van der Waals surface area contributed by atoms with Crippen LogP contribution in [-0.2, 0) is 15.7 Å². The highest BCUT2D eigenvalue weighted by Gasteiger charge is 2.29. The van der Waals surface area contributed by atoms with E-state index in [1.807, 2.05) is 31.2 Å². The maximum absolute atomic E-state index is 13.1. The second-order valence-corrected chi connectivity index (χ2v) is 9.86. The Morgan fingerprint density at radius 3 is 2.51 bits per heavy atom. The van der Waals surface area contributed by atoms with Gasteiger partial charge in [0.15, 0.2) is 11.0 Å². The number of aromatic nitrogens is 1. The van der Waals surface area contributed by atoms with Gasteiger partial charge in [-0.05, 0) is 42.8 Å². The number of hydrogen-bond acceptors (Lipinski definition) is 6. The molecule has 35 heavy (non-hydrogen) atoms. The van der Waals surface area contributed by atoms with Gasteiger partial charge in [0, 0.05) is 62.1 Å². The fourth-order valence-corrected chi connectivity index (χ4v) is 5.22. The highest BCUT2D eigenvalue weighted by molar-refractivity contribution is 7.86. The summed E-state index contributed by atoms with van der Waals surface area (Å²) < 4.78 is 21.5. The van der Waals surface area contributed by atoms with E-state index in [9.17, 15) is 13.8 Å². The Balaban J connectivity index is 1.21. The first-order valence-electron chi connectivity index (χ1n) is 11.6. The fraction of sp³-hybridized carbons (Fsp3) is 0.320. The van der Waals surface area contributed by atoms with Crippen molar-refractivity contribution in [2.75, 3.05) is 44.0 Å². The zero-order valence-corrected chi connectivity index (χ0v) is 20.2. The number of amides is 2. The summed E-state index contributed by atoms with van der Waals surface area (Å²) in [5.41, 5.74) is 2.75. The minimum atomic E-state index is -1.51. The maximum Gasteiger partial charge on any atom is 0.410 e. The van der Waals surface area contributed by atoms with Crippen molar-refractivity contribution in [2.45, 2.75) is 17.9 Å². The Bertz CT molecular complexity index is 1280. The van der Waals surface area contributed by atoms with E-state index in [1.54, 1.807) is 40.3 Å². The maximum atomic E-state index is 13.1. The van der Waals surface area contributed by atoms with Crippen LogP contribution in [0.15, 0.2) is 59.6 Å². The molecule has 0 aliphatic carbocycles. The van der Waals surface area contributed by atoms with Crippen molar-refractivity contribution in [1.82, 2.24) is 20.1 Å². The summed E-state index contributed by atoms with van der Waals surface area (Å²) in [6.07, 6.45) is 1.32. The van der Waals surface area contributed by atoms with Crippen LogP contribution in [0.5, 0.6) is 0 Å². The third-order valence-corrected chi connectivity index (χ3v) is 7.44. The molecular formula is C25H27N5O4S. The first kappa shape index (κ1) is 23.3. The van der Waals surface area contributed by atoms with Crippen molar-refractivity contribution < 1.29 is 18.5 Å². The van der Waals surface area contributed by atoms with Gasteiger partial charge in [-0.2, -0.15) is 0 Å². The molecule has 9 nitrogen and oxygen atoms in total. The van der Waals surface area contributed by atoms with Crippen LogP contribution in [0.1, 0.15) is 15.9 Å². The summed E-state index contributed by atoms with van der Waals surface area (Å²) in [5, 5.41) is 3.99. The molecule has 2 aliphatic heterocycles. The van der Waals surface area contributed by atoms with Crippen LogP contribution in [0.2, 0.25) is 0 Å². The molecule has 182 valence electrons. The minimum absolute atomic E-state index is 0.0523. The molecule has 2 N–H and O–H groups in total. The quantitative estimate of drug-likeness (QED) is 0.566. The highest BCUT2D eigenvalue weighted by atomic mass is 32.2. The van der Waals surface area contributed by atoms with Gasteiger partial charge < -0.3 is 24.6 Å². The number of aryl methyl sites for hydroxylation is 1. The normalized spacial score (nSPS) is 17.1. The predicted octanol–water partition coefficient (Wildman–Crippen LogP) is 2.54. The first-order chi connectivity index (χ1) is 17.0. The fourth-order valence-electron chi connectivity index (χ4n) is 4.13. The smallest absolute Gasteiger partial charge is 0.410 e. The number of piperazine rings is 1. The summed E-state index contributed by atoms with van der Waals surface area (Å²) in [4.78, 5) is 33.7. The van der Waals surface area contributed by atoms with Crippen LogP contribution in [-0.4, -0.2) is 76.4 Å². The third kappa shape index (κ3) is 4.98. The van der Waals surface area contributed by atoms with Crippen molar-refractivity contribution in [2.24, 2.45) is 0 Å². The zero-order valence-electron chi connectivity index (χ0n) is 19.4. The molecule has 2 aromatic carbocycles. The van der Waals surface area contributed by atoms with Gasteiger partial charge in [-0.25, -0.2) is 9.00 Å². The highest BCUT2D eigenvalue weighted by Crippen LogP contribution is 2.24. The number of para-hydroxylation sites is 1. The standard InChI is InChI=1S/C25H27N5O4S/c1-17-14-19(24(31)29-10-12-30(13-11-29)25(32)34-20-15-26-16-20)7-8-21(17)28-35(33)22-6-2-4-18-5-3-9-27-23(18)22/h2-9,14,20,26,28H,10-13,15-16H2,1H3. The molecule has 1 unspecified atom stereocenters. The van der Waals surface area contributed by atoms with Gasteiger partial charge in [0.25, 0.3) is 5.91 Å². The number of benzene rings is 2. The number of carbonyl (C=O) groups is 2. The average molecular weight is 494 g/mol. The molecule has 10 heteroatoms. The molecule has 2 aliphatic rings. The number of nitrogens with one attached hydrogen (secondary N) is 2. The largest absolute Gasteiger partial charge is 0.443 e.